The Hall–Kier alpha value is -1.18. The van der Waals surface area contributed by atoms with Crippen molar-refractivity contribution < 1.29 is 9.53 Å². The van der Waals surface area contributed by atoms with E-state index in [-0.39, 0.29) is 23.6 Å². The fourth-order valence-electron chi connectivity index (χ4n) is 1.25. The van der Waals surface area contributed by atoms with Crippen LogP contribution >= 0.6 is 24.2 Å². The van der Waals surface area contributed by atoms with E-state index in [2.05, 4.69) is 12.6 Å². The Bertz CT molecular complexity index is 454. The third kappa shape index (κ3) is 2.69. The van der Waals surface area contributed by atoms with Gasteiger partial charge in [-0.05, 0) is 24.6 Å². The first-order chi connectivity index (χ1) is 7.63. The van der Waals surface area contributed by atoms with Gasteiger partial charge in [-0.3, -0.25) is 0 Å². The lowest BCUT2D eigenvalue weighted by molar-refractivity contribution is 0.0525. The summed E-state index contributed by atoms with van der Waals surface area (Å²) in [5, 5.41) is 8.94. The second kappa shape index (κ2) is 5.78. The van der Waals surface area contributed by atoms with Crippen LogP contribution in [0.4, 0.5) is 0 Å². The fourth-order valence-corrected chi connectivity index (χ4v) is 1.74. The maximum absolute atomic E-state index is 11.6. The van der Waals surface area contributed by atoms with Crippen molar-refractivity contribution in [2.45, 2.75) is 17.7 Å². The number of halogens is 1. The summed E-state index contributed by atoms with van der Waals surface area (Å²) >= 11 is 9.82. The predicted molar refractivity (Wildman–Crippen MR) is 63.9 cm³/mol. The van der Waals surface area contributed by atoms with Crippen LogP contribution in [0, 0.1) is 11.3 Å². The van der Waals surface area contributed by atoms with Gasteiger partial charge in [-0.25, -0.2) is 4.79 Å². The zero-order valence-electron chi connectivity index (χ0n) is 8.66. The highest BCUT2D eigenvalue weighted by Crippen LogP contribution is 2.22. The first-order valence-corrected chi connectivity index (χ1v) is 5.61. The summed E-state index contributed by atoms with van der Waals surface area (Å²) in [5.74, 6) is -0.271. The highest BCUT2D eigenvalue weighted by atomic mass is 35.5. The van der Waals surface area contributed by atoms with E-state index in [1.165, 1.54) is 0 Å². The van der Waals surface area contributed by atoms with Crippen molar-refractivity contribution in [2.24, 2.45) is 0 Å². The number of carbonyl (C=O) groups excluding carboxylic acids is 1. The maximum atomic E-state index is 11.6. The van der Waals surface area contributed by atoms with Gasteiger partial charge in [0.05, 0.1) is 17.7 Å². The fraction of sp³-hybridized carbons (Fsp3) is 0.273. The summed E-state index contributed by atoms with van der Waals surface area (Å²) in [7, 11) is 0. The lowest BCUT2D eigenvalue weighted by Gasteiger charge is -2.07. The van der Waals surface area contributed by atoms with Crippen LogP contribution in [0.15, 0.2) is 17.0 Å². The molecule has 0 unspecified atom stereocenters. The molecule has 0 aromatic heterocycles. The quantitative estimate of drug-likeness (QED) is 0.513. The highest BCUT2D eigenvalue weighted by molar-refractivity contribution is 7.80. The van der Waals surface area contributed by atoms with Crippen LogP contribution in [0.25, 0.3) is 0 Å². The van der Waals surface area contributed by atoms with Crippen molar-refractivity contribution in [3.8, 4) is 6.07 Å². The number of thiol groups is 1. The number of hydrogen-bond donors (Lipinski definition) is 1. The van der Waals surface area contributed by atoms with Gasteiger partial charge >= 0.3 is 5.97 Å². The number of nitriles is 1. The molecule has 0 N–H and O–H groups in total. The van der Waals surface area contributed by atoms with Crippen molar-refractivity contribution >= 4 is 30.2 Å². The van der Waals surface area contributed by atoms with E-state index < -0.39 is 5.97 Å². The molecule has 1 aromatic carbocycles. The number of esters is 1. The molecule has 1 rings (SSSR count). The number of ether oxygens (including phenoxy) is 1. The summed E-state index contributed by atoms with van der Waals surface area (Å²) in [6.45, 7) is 1.97. The van der Waals surface area contributed by atoms with Gasteiger partial charge in [-0.1, -0.05) is 0 Å². The molecule has 0 heterocycles. The highest BCUT2D eigenvalue weighted by Gasteiger charge is 2.16. The second-order valence-electron chi connectivity index (χ2n) is 3.00. The molecule has 0 spiro atoms. The Morgan fingerprint density at radius 2 is 2.31 bits per heavy atom. The molecule has 0 bridgehead atoms. The predicted octanol–water partition coefficient (Wildman–Crippen LogP) is 2.76. The Balaban J connectivity index is 3.29. The van der Waals surface area contributed by atoms with Crippen LogP contribution in [0.3, 0.4) is 0 Å². The first-order valence-electron chi connectivity index (χ1n) is 4.63. The molecule has 0 aliphatic rings. The van der Waals surface area contributed by atoms with Gasteiger partial charge in [0.1, 0.15) is 6.07 Å². The van der Waals surface area contributed by atoms with E-state index >= 15 is 0 Å². The molecule has 0 radical (unpaired) electrons. The largest absolute Gasteiger partial charge is 0.462 e. The van der Waals surface area contributed by atoms with Gasteiger partial charge in [0, 0.05) is 10.8 Å². The minimum atomic E-state index is -0.527. The zero-order chi connectivity index (χ0) is 12.1. The summed E-state index contributed by atoms with van der Waals surface area (Å²) in [6, 6.07) is 5.16. The average Bonchev–Trinajstić information content (AvgIpc) is 2.28. The Morgan fingerprint density at radius 1 is 1.62 bits per heavy atom. The Kier molecular flexibility index (Phi) is 4.66. The van der Waals surface area contributed by atoms with Crippen LogP contribution < -0.4 is 0 Å². The molecular weight excluding hydrogens is 246 g/mol. The van der Waals surface area contributed by atoms with E-state index in [0.29, 0.717) is 4.90 Å². The van der Waals surface area contributed by atoms with Gasteiger partial charge in [0.25, 0.3) is 0 Å². The first kappa shape index (κ1) is 12.9. The van der Waals surface area contributed by atoms with Crippen molar-refractivity contribution in [3.05, 3.63) is 28.8 Å². The van der Waals surface area contributed by atoms with Gasteiger partial charge in [0.15, 0.2) is 0 Å². The van der Waals surface area contributed by atoms with Gasteiger partial charge < -0.3 is 4.74 Å². The van der Waals surface area contributed by atoms with Crippen molar-refractivity contribution in [2.75, 3.05) is 6.61 Å². The third-order valence-electron chi connectivity index (χ3n) is 1.94. The summed E-state index contributed by atoms with van der Waals surface area (Å²) in [6.07, 6.45) is 0. The van der Waals surface area contributed by atoms with E-state index in [0.717, 1.165) is 5.56 Å². The van der Waals surface area contributed by atoms with Crippen LogP contribution in [0.2, 0.25) is 0 Å². The number of rotatable bonds is 3. The molecule has 0 amide bonds. The second-order valence-corrected chi connectivity index (χ2v) is 3.75. The number of carbonyl (C=O) groups is 1. The number of hydrogen-bond acceptors (Lipinski definition) is 4. The topological polar surface area (TPSA) is 50.1 Å². The maximum Gasteiger partial charge on any atom is 0.339 e. The zero-order valence-corrected chi connectivity index (χ0v) is 10.3. The van der Waals surface area contributed by atoms with Gasteiger partial charge in [-0.2, -0.15) is 5.26 Å². The summed E-state index contributed by atoms with van der Waals surface area (Å²) in [4.78, 5) is 12.0. The molecule has 5 heteroatoms. The molecule has 1 aromatic rings. The van der Waals surface area contributed by atoms with Crippen molar-refractivity contribution in [1.29, 1.82) is 5.26 Å². The number of benzene rings is 1. The molecule has 0 aliphatic heterocycles. The SMILES string of the molecule is CCOC(=O)c1cc(CCl)cc(S)c1C#N. The molecule has 84 valence electrons. The lowest BCUT2D eigenvalue weighted by atomic mass is 10.1. The van der Waals surface area contributed by atoms with E-state index in [1.54, 1.807) is 19.1 Å². The van der Waals surface area contributed by atoms with Crippen molar-refractivity contribution in [3.63, 3.8) is 0 Å². The van der Waals surface area contributed by atoms with Crippen molar-refractivity contribution in [1.82, 2.24) is 0 Å². The lowest BCUT2D eigenvalue weighted by Crippen LogP contribution is -2.08. The molecule has 0 saturated heterocycles. The molecule has 0 saturated carbocycles. The molecule has 16 heavy (non-hydrogen) atoms. The Morgan fingerprint density at radius 3 is 2.81 bits per heavy atom. The summed E-state index contributed by atoms with van der Waals surface area (Å²) in [5.41, 5.74) is 1.16. The molecule has 3 nitrogen and oxygen atoms in total. The number of nitrogens with zero attached hydrogens (tertiary/aromatic N) is 1. The minimum absolute atomic E-state index is 0.215. The molecule has 0 atom stereocenters. The third-order valence-corrected chi connectivity index (χ3v) is 2.60. The molecule has 0 aliphatic carbocycles. The van der Waals surface area contributed by atoms with Gasteiger partial charge in [0.2, 0.25) is 0 Å². The minimum Gasteiger partial charge on any atom is -0.462 e. The van der Waals surface area contributed by atoms with Gasteiger partial charge in [-0.15, -0.1) is 24.2 Å². The standard InChI is InChI=1S/C11H10ClNO2S/c1-2-15-11(14)8-3-7(5-12)4-10(16)9(8)6-13/h3-4,16H,2,5H2,1H3. The average molecular weight is 256 g/mol. The molecular formula is C11H10ClNO2S. The monoisotopic (exact) mass is 255 g/mol. The van der Waals surface area contributed by atoms with E-state index in [1.807, 2.05) is 6.07 Å². The van der Waals surface area contributed by atoms with Crippen LogP contribution in [-0.4, -0.2) is 12.6 Å². The van der Waals surface area contributed by atoms with Crippen LogP contribution in [-0.2, 0) is 10.6 Å². The smallest absolute Gasteiger partial charge is 0.339 e. The van der Waals surface area contributed by atoms with Crippen LogP contribution in [0.1, 0.15) is 28.4 Å². The summed E-state index contributed by atoms with van der Waals surface area (Å²) < 4.78 is 4.86. The van der Waals surface area contributed by atoms with E-state index in [9.17, 15) is 4.79 Å². The Labute approximate surface area is 104 Å². The van der Waals surface area contributed by atoms with E-state index in [4.69, 9.17) is 21.6 Å². The normalized spacial score (nSPS) is 9.62. The molecule has 0 fully saturated rings. The van der Waals surface area contributed by atoms with Crippen LogP contribution in [0.5, 0.6) is 0 Å². The number of alkyl halides is 1.